The van der Waals surface area contributed by atoms with Gasteiger partial charge in [0.15, 0.2) is 0 Å². The zero-order chi connectivity index (χ0) is 8.53. The second kappa shape index (κ2) is 7.51. The maximum atomic E-state index is 9.18. The van der Waals surface area contributed by atoms with E-state index in [-0.39, 0.29) is 6.61 Å². The molecule has 2 N–H and O–H groups in total. The fourth-order valence-corrected chi connectivity index (χ4v) is 0.700. The van der Waals surface area contributed by atoms with Crippen LogP contribution in [0.4, 0.5) is 0 Å². The Balaban J connectivity index is 3.42. The molecule has 0 fully saturated rings. The summed E-state index contributed by atoms with van der Waals surface area (Å²) >= 11 is 0. The lowest BCUT2D eigenvalue weighted by Crippen LogP contribution is -2.02. The van der Waals surface area contributed by atoms with Gasteiger partial charge in [0.05, 0.1) is 6.10 Å². The summed E-state index contributed by atoms with van der Waals surface area (Å²) in [7, 11) is 0. The van der Waals surface area contributed by atoms with Gasteiger partial charge in [-0.1, -0.05) is 24.3 Å². The van der Waals surface area contributed by atoms with E-state index >= 15 is 0 Å². The van der Waals surface area contributed by atoms with Crippen LogP contribution in [0.3, 0.4) is 0 Å². The summed E-state index contributed by atoms with van der Waals surface area (Å²) in [5.74, 6) is 0. The number of rotatable bonds is 5. The molecule has 0 spiro atoms. The molecule has 0 amide bonds. The number of allylic oxidation sites excluding steroid dienone is 3. The first-order valence-corrected chi connectivity index (χ1v) is 3.89. The molecule has 0 aliphatic rings. The van der Waals surface area contributed by atoms with E-state index in [1.807, 2.05) is 25.2 Å². The molecule has 1 atom stereocenters. The summed E-state index contributed by atoms with van der Waals surface area (Å²) in [4.78, 5) is 0. The van der Waals surface area contributed by atoms with Gasteiger partial charge in [-0.15, -0.1) is 0 Å². The van der Waals surface area contributed by atoms with Gasteiger partial charge in [-0.3, -0.25) is 0 Å². The molecule has 0 heterocycles. The molecule has 0 bridgehead atoms. The average molecular weight is 156 g/mol. The average Bonchev–Trinajstić information content (AvgIpc) is 2.01. The molecule has 0 aliphatic carbocycles. The predicted octanol–water partition coefficient (Wildman–Crippen LogP) is 1.25. The molecular formula is C9H16O2. The minimum atomic E-state index is -0.418. The Kier molecular flexibility index (Phi) is 7.10. The lowest BCUT2D eigenvalue weighted by Gasteiger charge is -2.01. The van der Waals surface area contributed by atoms with Crippen LogP contribution in [-0.4, -0.2) is 22.9 Å². The second-order valence-corrected chi connectivity index (χ2v) is 2.34. The molecule has 11 heavy (non-hydrogen) atoms. The zero-order valence-corrected chi connectivity index (χ0v) is 6.90. The van der Waals surface area contributed by atoms with Crippen molar-refractivity contribution in [1.29, 1.82) is 0 Å². The molecule has 0 radical (unpaired) electrons. The molecule has 0 aliphatic heterocycles. The smallest absolute Gasteiger partial charge is 0.0724 e. The van der Waals surface area contributed by atoms with E-state index in [0.29, 0.717) is 12.8 Å². The Labute approximate surface area is 67.9 Å². The van der Waals surface area contributed by atoms with Gasteiger partial charge in [0, 0.05) is 6.61 Å². The molecule has 0 saturated heterocycles. The summed E-state index contributed by atoms with van der Waals surface area (Å²) in [5, 5.41) is 17.6. The SMILES string of the molecule is C/C=C/C=C/C(O)CCCO. The molecule has 2 heteroatoms. The van der Waals surface area contributed by atoms with Gasteiger partial charge in [0.25, 0.3) is 0 Å². The number of aliphatic hydroxyl groups excluding tert-OH is 2. The highest BCUT2D eigenvalue weighted by Crippen LogP contribution is 1.97. The van der Waals surface area contributed by atoms with E-state index in [4.69, 9.17) is 5.11 Å². The van der Waals surface area contributed by atoms with Crippen LogP contribution in [0.2, 0.25) is 0 Å². The molecule has 0 aromatic carbocycles. The van der Waals surface area contributed by atoms with Gasteiger partial charge in [-0.2, -0.15) is 0 Å². The number of hydrogen-bond acceptors (Lipinski definition) is 2. The van der Waals surface area contributed by atoms with Gasteiger partial charge in [-0.05, 0) is 19.8 Å². The van der Waals surface area contributed by atoms with E-state index in [1.165, 1.54) is 0 Å². The lowest BCUT2D eigenvalue weighted by molar-refractivity contribution is 0.190. The van der Waals surface area contributed by atoms with Gasteiger partial charge < -0.3 is 10.2 Å². The van der Waals surface area contributed by atoms with Crippen LogP contribution in [0.25, 0.3) is 0 Å². The van der Waals surface area contributed by atoms with Gasteiger partial charge in [0.2, 0.25) is 0 Å². The van der Waals surface area contributed by atoms with Crippen LogP contribution < -0.4 is 0 Å². The molecule has 64 valence electrons. The standard InChI is InChI=1S/C9H16O2/c1-2-3-4-6-9(11)7-5-8-10/h2-4,6,9-11H,5,7-8H2,1H3/b3-2+,6-4+. The van der Waals surface area contributed by atoms with E-state index in [9.17, 15) is 5.11 Å². The molecular weight excluding hydrogens is 140 g/mol. The van der Waals surface area contributed by atoms with E-state index in [1.54, 1.807) is 6.08 Å². The van der Waals surface area contributed by atoms with Crippen LogP contribution >= 0.6 is 0 Å². The minimum Gasteiger partial charge on any atom is -0.396 e. The van der Waals surface area contributed by atoms with Gasteiger partial charge >= 0.3 is 0 Å². The molecule has 0 rings (SSSR count). The van der Waals surface area contributed by atoms with Crippen LogP contribution in [-0.2, 0) is 0 Å². The van der Waals surface area contributed by atoms with Crippen molar-refractivity contribution in [2.45, 2.75) is 25.9 Å². The number of hydrogen-bond donors (Lipinski definition) is 2. The highest BCUT2D eigenvalue weighted by Gasteiger charge is 1.95. The summed E-state index contributed by atoms with van der Waals surface area (Å²) in [6, 6.07) is 0. The minimum absolute atomic E-state index is 0.147. The van der Waals surface area contributed by atoms with Crippen molar-refractivity contribution in [3.63, 3.8) is 0 Å². The third-order valence-corrected chi connectivity index (χ3v) is 1.29. The summed E-state index contributed by atoms with van der Waals surface area (Å²) in [5.41, 5.74) is 0. The van der Waals surface area contributed by atoms with Crippen LogP contribution in [0.5, 0.6) is 0 Å². The third-order valence-electron chi connectivity index (χ3n) is 1.29. The Morgan fingerprint density at radius 3 is 2.64 bits per heavy atom. The molecule has 2 nitrogen and oxygen atoms in total. The van der Waals surface area contributed by atoms with Gasteiger partial charge in [0.1, 0.15) is 0 Å². The highest BCUT2D eigenvalue weighted by molar-refractivity contribution is 5.03. The fraction of sp³-hybridized carbons (Fsp3) is 0.556. The van der Waals surface area contributed by atoms with Crippen molar-refractivity contribution in [1.82, 2.24) is 0 Å². The summed E-state index contributed by atoms with van der Waals surface area (Å²) < 4.78 is 0. The summed E-state index contributed by atoms with van der Waals surface area (Å²) in [6.45, 7) is 2.07. The Hall–Kier alpha value is -0.600. The Bertz CT molecular complexity index is 128. The van der Waals surface area contributed by atoms with Crippen molar-refractivity contribution in [3.05, 3.63) is 24.3 Å². The van der Waals surface area contributed by atoms with E-state index < -0.39 is 6.10 Å². The molecule has 0 aromatic heterocycles. The first kappa shape index (κ1) is 10.4. The largest absolute Gasteiger partial charge is 0.396 e. The Morgan fingerprint density at radius 1 is 1.36 bits per heavy atom. The van der Waals surface area contributed by atoms with E-state index in [0.717, 1.165) is 0 Å². The summed E-state index contributed by atoms with van der Waals surface area (Å²) in [6.07, 6.45) is 8.15. The molecule has 1 unspecified atom stereocenters. The van der Waals surface area contributed by atoms with Crippen molar-refractivity contribution < 1.29 is 10.2 Å². The fourth-order valence-electron chi connectivity index (χ4n) is 0.700. The Morgan fingerprint density at radius 2 is 2.09 bits per heavy atom. The second-order valence-electron chi connectivity index (χ2n) is 2.34. The van der Waals surface area contributed by atoms with Gasteiger partial charge in [-0.25, -0.2) is 0 Å². The quantitative estimate of drug-likeness (QED) is 0.588. The van der Waals surface area contributed by atoms with Crippen molar-refractivity contribution in [3.8, 4) is 0 Å². The maximum Gasteiger partial charge on any atom is 0.0724 e. The van der Waals surface area contributed by atoms with Crippen LogP contribution in [0.15, 0.2) is 24.3 Å². The van der Waals surface area contributed by atoms with Crippen molar-refractivity contribution in [2.24, 2.45) is 0 Å². The van der Waals surface area contributed by atoms with Crippen LogP contribution in [0, 0.1) is 0 Å². The monoisotopic (exact) mass is 156 g/mol. The number of aliphatic hydroxyl groups is 2. The zero-order valence-electron chi connectivity index (χ0n) is 6.90. The van der Waals surface area contributed by atoms with Crippen molar-refractivity contribution in [2.75, 3.05) is 6.61 Å². The first-order valence-electron chi connectivity index (χ1n) is 3.89. The normalized spacial score (nSPS) is 14.8. The maximum absolute atomic E-state index is 9.18. The predicted molar refractivity (Wildman–Crippen MR) is 46.3 cm³/mol. The van der Waals surface area contributed by atoms with Crippen molar-refractivity contribution >= 4 is 0 Å². The highest BCUT2D eigenvalue weighted by atomic mass is 16.3. The lowest BCUT2D eigenvalue weighted by atomic mass is 10.2. The molecule has 0 aromatic rings. The first-order chi connectivity index (χ1) is 5.31. The van der Waals surface area contributed by atoms with E-state index in [2.05, 4.69) is 0 Å². The van der Waals surface area contributed by atoms with Crippen LogP contribution in [0.1, 0.15) is 19.8 Å². The molecule has 0 saturated carbocycles. The topological polar surface area (TPSA) is 40.5 Å². The third kappa shape index (κ3) is 7.30.